The molecule has 0 saturated carbocycles. The van der Waals surface area contributed by atoms with Crippen LogP contribution in [0.5, 0.6) is 0 Å². The second-order valence-corrected chi connectivity index (χ2v) is 2.74. The van der Waals surface area contributed by atoms with E-state index in [1.807, 2.05) is 0 Å². The van der Waals surface area contributed by atoms with Gasteiger partial charge in [-0.3, -0.25) is 0 Å². The van der Waals surface area contributed by atoms with Crippen LogP contribution < -0.4 is 0 Å². The summed E-state index contributed by atoms with van der Waals surface area (Å²) in [5, 5.41) is 9.16. The standard InChI is InChI=1S/C8H15ClO/c1-2-5-8(10)6-3-4-7-9/h2,8,10H,1,3-7H2. The number of aliphatic hydroxyl groups is 1. The van der Waals surface area contributed by atoms with Crippen molar-refractivity contribution in [2.45, 2.75) is 31.8 Å². The molecule has 0 fully saturated rings. The summed E-state index contributed by atoms with van der Waals surface area (Å²) in [6.45, 7) is 3.54. The van der Waals surface area contributed by atoms with E-state index >= 15 is 0 Å². The van der Waals surface area contributed by atoms with Crippen molar-refractivity contribution in [1.82, 2.24) is 0 Å². The quantitative estimate of drug-likeness (QED) is 0.361. The first-order valence-electron chi connectivity index (χ1n) is 3.66. The summed E-state index contributed by atoms with van der Waals surface area (Å²) in [6, 6.07) is 0. The lowest BCUT2D eigenvalue weighted by Gasteiger charge is -2.05. The molecule has 1 nitrogen and oxygen atoms in total. The van der Waals surface area contributed by atoms with Crippen LogP contribution in [0, 0.1) is 0 Å². The smallest absolute Gasteiger partial charge is 0.0574 e. The first kappa shape index (κ1) is 9.99. The van der Waals surface area contributed by atoms with Crippen molar-refractivity contribution in [3.8, 4) is 0 Å². The van der Waals surface area contributed by atoms with Crippen LogP contribution in [0.25, 0.3) is 0 Å². The summed E-state index contributed by atoms with van der Waals surface area (Å²) in [5.41, 5.74) is 0. The molecule has 0 bridgehead atoms. The van der Waals surface area contributed by atoms with Gasteiger partial charge in [0.25, 0.3) is 0 Å². The summed E-state index contributed by atoms with van der Waals surface area (Å²) < 4.78 is 0. The maximum absolute atomic E-state index is 9.16. The Kier molecular flexibility index (Phi) is 7.09. The highest BCUT2D eigenvalue weighted by atomic mass is 35.5. The monoisotopic (exact) mass is 162 g/mol. The van der Waals surface area contributed by atoms with E-state index in [2.05, 4.69) is 6.58 Å². The van der Waals surface area contributed by atoms with Gasteiger partial charge in [-0.15, -0.1) is 18.2 Å². The zero-order valence-electron chi connectivity index (χ0n) is 6.22. The van der Waals surface area contributed by atoms with Crippen molar-refractivity contribution in [1.29, 1.82) is 0 Å². The number of hydrogen-bond donors (Lipinski definition) is 1. The van der Waals surface area contributed by atoms with E-state index in [-0.39, 0.29) is 6.10 Å². The van der Waals surface area contributed by atoms with Gasteiger partial charge in [0.15, 0.2) is 0 Å². The van der Waals surface area contributed by atoms with Gasteiger partial charge in [0.2, 0.25) is 0 Å². The minimum absolute atomic E-state index is 0.208. The molecule has 1 atom stereocenters. The molecule has 0 aliphatic heterocycles. The molecule has 10 heavy (non-hydrogen) atoms. The molecule has 0 rings (SSSR count). The molecule has 0 aromatic carbocycles. The third-order valence-corrected chi connectivity index (χ3v) is 1.63. The molecule has 1 N–H and O–H groups in total. The third-order valence-electron chi connectivity index (χ3n) is 1.36. The molecular formula is C8H15ClO. The molecule has 1 unspecified atom stereocenters. The molecule has 0 radical (unpaired) electrons. The number of rotatable bonds is 6. The van der Waals surface area contributed by atoms with Crippen LogP contribution in [0.3, 0.4) is 0 Å². The Balaban J connectivity index is 3.04. The number of alkyl halides is 1. The lowest BCUT2D eigenvalue weighted by Crippen LogP contribution is -2.03. The van der Waals surface area contributed by atoms with E-state index in [0.717, 1.165) is 19.3 Å². The van der Waals surface area contributed by atoms with Gasteiger partial charge in [0, 0.05) is 5.88 Å². The van der Waals surface area contributed by atoms with Crippen molar-refractivity contribution in [3.63, 3.8) is 0 Å². The van der Waals surface area contributed by atoms with E-state index in [1.54, 1.807) is 6.08 Å². The molecule has 0 heterocycles. The highest BCUT2D eigenvalue weighted by Gasteiger charge is 1.99. The first-order chi connectivity index (χ1) is 4.81. The van der Waals surface area contributed by atoms with Crippen molar-refractivity contribution >= 4 is 11.6 Å². The molecule has 60 valence electrons. The van der Waals surface area contributed by atoms with Crippen LogP contribution in [0.1, 0.15) is 25.7 Å². The Morgan fingerprint density at radius 2 is 2.20 bits per heavy atom. The normalized spacial score (nSPS) is 13.0. The van der Waals surface area contributed by atoms with E-state index in [1.165, 1.54) is 0 Å². The van der Waals surface area contributed by atoms with Crippen molar-refractivity contribution in [2.75, 3.05) is 5.88 Å². The molecule has 0 aromatic heterocycles. The maximum Gasteiger partial charge on any atom is 0.0574 e. The number of unbranched alkanes of at least 4 members (excludes halogenated alkanes) is 1. The van der Waals surface area contributed by atoms with E-state index in [0.29, 0.717) is 12.3 Å². The molecule has 0 aromatic rings. The molecule has 0 amide bonds. The molecule has 0 aliphatic carbocycles. The fourth-order valence-electron chi connectivity index (χ4n) is 0.785. The second-order valence-electron chi connectivity index (χ2n) is 2.36. The zero-order chi connectivity index (χ0) is 7.82. The first-order valence-corrected chi connectivity index (χ1v) is 4.19. The fourth-order valence-corrected chi connectivity index (χ4v) is 0.974. The van der Waals surface area contributed by atoms with Gasteiger partial charge in [-0.05, 0) is 25.7 Å². The molecule has 0 aliphatic rings. The summed E-state index contributed by atoms with van der Waals surface area (Å²) in [6.07, 6.45) is 5.08. The van der Waals surface area contributed by atoms with Gasteiger partial charge in [0.1, 0.15) is 0 Å². The van der Waals surface area contributed by atoms with Gasteiger partial charge >= 0.3 is 0 Å². The highest BCUT2D eigenvalue weighted by Crippen LogP contribution is 2.04. The van der Waals surface area contributed by atoms with Crippen LogP contribution in [0.4, 0.5) is 0 Å². The lowest BCUT2D eigenvalue weighted by molar-refractivity contribution is 0.165. The summed E-state index contributed by atoms with van der Waals surface area (Å²) in [7, 11) is 0. The van der Waals surface area contributed by atoms with E-state index in [9.17, 15) is 0 Å². The average molecular weight is 163 g/mol. The Labute approximate surface area is 67.7 Å². The molecular weight excluding hydrogens is 148 g/mol. The van der Waals surface area contributed by atoms with E-state index < -0.39 is 0 Å². The van der Waals surface area contributed by atoms with Gasteiger partial charge in [-0.2, -0.15) is 0 Å². The topological polar surface area (TPSA) is 20.2 Å². The molecule has 0 saturated heterocycles. The Bertz CT molecular complexity index is 83.3. The van der Waals surface area contributed by atoms with Gasteiger partial charge in [0.05, 0.1) is 6.10 Å². The molecule has 0 spiro atoms. The van der Waals surface area contributed by atoms with Crippen molar-refractivity contribution < 1.29 is 5.11 Å². The van der Waals surface area contributed by atoms with E-state index in [4.69, 9.17) is 16.7 Å². The largest absolute Gasteiger partial charge is 0.393 e. The van der Waals surface area contributed by atoms with Crippen LogP contribution in [0.2, 0.25) is 0 Å². The molecule has 2 heteroatoms. The third kappa shape index (κ3) is 6.12. The average Bonchev–Trinajstić information content (AvgIpc) is 1.89. The Morgan fingerprint density at radius 3 is 2.70 bits per heavy atom. The van der Waals surface area contributed by atoms with Crippen molar-refractivity contribution in [2.24, 2.45) is 0 Å². The van der Waals surface area contributed by atoms with Gasteiger partial charge in [-0.25, -0.2) is 0 Å². The zero-order valence-corrected chi connectivity index (χ0v) is 6.98. The maximum atomic E-state index is 9.16. The fraction of sp³-hybridized carbons (Fsp3) is 0.750. The lowest BCUT2D eigenvalue weighted by atomic mass is 10.1. The minimum atomic E-state index is -0.208. The summed E-state index contributed by atoms with van der Waals surface area (Å²) in [5.74, 6) is 0.695. The highest BCUT2D eigenvalue weighted by molar-refractivity contribution is 6.17. The Morgan fingerprint density at radius 1 is 1.50 bits per heavy atom. The predicted molar refractivity (Wildman–Crippen MR) is 45.4 cm³/mol. The number of hydrogen-bond acceptors (Lipinski definition) is 1. The number of halogens is 1. The Hall–Kier alpha value is -0.0100. The predicted octanol–water partition coefficient (Wildman–Crippen LogP) is 2.33. The van der Waals surface area contributed by atoms with Gasteiger partial charge < -0.3 is 5.11 Å². The number of aliphatic hydroxyl groups excluding tert-OH is 1. The second kappa shape index (κ2) is 7.10. The van der Waals surface area contributed by atoms with Crippen molar-refractivity contribution in [3.05, 3.63) is 12.7 Å². The summed E-state index contributed by atoms with van der Waals surface area (Å²) in [4.78, 5) is 0. The van der Waals surface area contributed by atoms with Crippen LogP contribution in [-0.4, -0.2) is 17.1 Å². The van der Waals surface area contributed by atoms with Gasteiger partial charge in [-0.1, -0.05) is 6.08 Å². The SMILES string of the molecule is C=CCC(O)CCCCCl. The van der Waals surface area contributed by atoms with Crippen LogP contribution >= 0.6 is 11.6 Å². The minimum Gasteiger partial charge on any atom is -0.393 e. The van der Waals surface area contributed by atoms with Crippen LogP contribution in [0.15, 0.2) is 12.7 Å². The summed E-state index contributed by atoms with van der Waals surface area (Å²) >= 11 is 5.46. The van der Waals surface area contributed by atoms with Crippen LogP contribution in [-0.2, 0) is 0 Å².